The number of rotatable bonds is 5. The predicted octanol–water partition coefficient (Wildman–Crippen LogP) is 2.42. The Balaban J connectivity index is 1.63. The summed E-state index contributed by atoms with van der Waals surface area (Å²) in [6.07, 6.45) is 5.39. The number of nitrogens with one attached hydrogen (secondary N) is 2. The first-order chi connectivity index (χ1) is 10.2. The van der Waals surface area contributed by atoms with Crippen molar-refractivity contribution < 1.29 is 4.79 Å². The summed E-state index contributed by atoms with van der Waals surface area (Å²) >= 11 is 1.80. The molecule has 1 aliphatic carbocycles. The molecule has 0 fully saturated rings. The van der Waals surface area contributed by atoms with Crippen molar-refractivity contribution in [2.75, 3.05) is 5.73 Å². The van der Waals surface area contributed by atoms with E-state index in [1.165, 1.54) is 34.6 Å². The minimum atomic E-state index is -0.209. The van der Waals surface area contributed by atoms with E-state index in [1.807, 2.05) is 0 Å². The first-order valence-corrected chi connectivity index (χ1v) is 8.22. The van der Waals surface area contributed by atoms with E-state index < -0.39 is 0 Å². The van der Waals surface area contributed by atoms with Crippen LogP contribution in [0.1, 0.15) is 51.3 Å². The number of carbonyl (C=O) groups is 1. The van der Waals surface area contributed by atoms with Gasteiger partial charge in [-0.05, 0) is 37.3 Å². The van der Waals surface area contributed by atoms with Gasteiger partial charge in [0, 0.05) is 9.75 Å². The Morgan fingerprint density at radius 1 is 1.52 bits per heavy atom. The molecule has 3 rings (SSSR count). The van der Waals surface area contributed by atoms with Crippen LogP contribution >= 0.6 is 11.3 Å². The Morgan fingerprint density at radius 3 is 3.14 bits per heavy atom. The molecule has 0 bridgehead atoms. The number of nitrogens with zero attached hydrogens (tertiary/aromatic N) is 1. The number of hydrogen-bond acceptors (Lipinski definition) is 4. The van der Waals surface area contributed by atoms with Crippen molar-refractivity contribution in [1.29, 1.82) is 0 Å². The maximum absolute atomic E-state index is 12.2. The monoisotopic (exact) mass is 304 g/mol. The van der Waals surface area contributed by atoms with Crippen molar-refractivity contribution in [3.63, 3.8) is 0 Å². The van der Waals surface area contributed by atoms with Gasteiger partial charge in [0.25, 0.3) is 5.91 Å². The largest absolute Gasteiger partial charge is 0.395 e. The fraction of sp³-hybridized carbons (Fsp3) is 0.467. The van der Waals surface area contributed by atoms with Crippen LogP contribution in [0.2, 0.25) is 0 Å². The molecule has 112 valence electrons. The average molecular weight is 304 g/mol. The normalized spacial score (nSPS) is 13.4. The minimum Gasteiger partial charge on any atom is -0.395 e. The number of H-pyrrole nitrogens is 1. The Hall–Kier alpha value is -1.82. The van der Waals surface area contributed by atoms with Gasteiger partial charge in [0.1, 0.15) is 0 Å². The van der Waals surface area contributed by atoms with E-state index in [4.69, 9.17) is 5.73 Å². The van der Waals surface area contributed by atoms with Crippen LogP contribution in [0.15, 0.2) is 6.07 Å². The summed E-state index contributed by atoms with van der Waals surface area (Å²) in [6.45, 7) is 2.61. The number of fused-ring (bicyclic) bond motifs is 1. The first-order valence-electron chi connectivity index (χ1n) is 7.40. The van der Waals surface area contributed by atoms with Crippen LogP contribution in [0.3, 0.4) is 0 Å². The number of nitrogen functional groups attached to an aromatic ring is 1. The standard InChI is InChI=1S/C15H20N4OS/c1-2-4-11-13(16)14(19-18-11)15(20)17-8-10-7-9-5-3-6-12(9)21-10/h7H,2-6,8,16H2,1H3,(H,17,20)(H,18,19). The molecule has 1 aliphatic rings. The van der Waals surface area contributed by atoms with E-state index in [2.05, 4.69) is 28.5 Å². The van der Waals surface area contributed by atoms with Crippen LogP contribution < -0.4 is 11.1 Å². The van der Waals surface area contributed by atoms with Crippen molar-refractivity contribution in [1.82, 2.24) is 15.5 Å². The molecule has 0 saturated heterocycles. The maximum atomic E-state index is 12.2. The van der Waals surface area contributed by atoms with Crippen molar-refractivity contribution >= 4 is 22.9 Å². The van der Waals surface area contributed by atoms with Gasteiger partial charge in [0.15, 0.2) is 5.69 Å². The lowest BCUT2D eigenvalue weighted by Crippen LogP contribution is -2.23. The van der Waals surface area contributed by atoms with Gasteiger partial charge in [-0.25, -0.2) is 0 Å². The number of aromatic amines is 1. The van der Waals surface area contributed by atoms with Gasteiger partial charge in [-0.2, -0.15) is 5.10 Å². The highest BCUT2D eigenvalue weighted by Gasteiger charge is 2.18. The molecule has 0 radical (unpaired) electrons. The Bertz CT molecular complexity index is 637. The highest BCUT2D eigenvalue weighted by Crippen LogP contribution is 2.30. The summed E-state index contributed by atoms with van der Waals surface area (Å²) in [7, 11) is 0. The topological polar surface area (TPSA) is 83.8 Å². The highest BCUT2D eigenvalue weighted by molar-refractivity contribution is 7.12. The lowest BCUT2D eigenvalue weighted by Gasteiger charge is -2.02. The molecular weight excluding hydrogens is 284 g/mol. The van der Waals surface area contributed by atoms with E-state index in [1.54, 1.807) is 11.3 Å². The third-order valence-corrected chi connectivity index (χ3v) is 5.06. The van der Waals surface area contributed by atoms with Crippen LogP contribution in [0.4, 0.5) is 5.69 Å². The van der Waals surface area contributed by atoms with Crippen molar-refractivity contribution in [2.45, 2.75) is 45.6 Å². The number of aromatic nitrogens is 2. The van der Waals surface area contributed by atoms with Crippen molar-refractivity contribution in [3.05, 3.63) is 32.8 Å². The fourth-order valence-electron chi connectivity index (χ4n) is 2.73. The number of nitrogens with two attached hydrogens (primary N) is 1. The van der Waals surface area contributed by atoms with Gasteiger partial charge < -0.3 is 11.1 Å². The summed E-state index contributed by atoms with van der Waals surface area (Å²) < 4.78 is 0. The van der Waals surface area contributed by atoms with Gasteiger partial charge in [0.05, 0.1) is 17.9 Å². The number of anilines is 1. The van der Waals surface area contributed by atoms with Crippen LogP contribution in [0, 0.1) is 0 Å². The number of hydrogen-bond donors (Lipinski definition) is 3. The maximum Gasteiger partial charge on any atom is 0.274 e. The second-order valence-corrected chi connectivity index (χ2v) is 6.63. The number of amides is 1. The fourth-order valence-corrected chi connectivity index (χ4v) is 3.93. The zero-order valence-electron chi connectivity index (χ0n) is 12.2. The molecule has 6 heteroatoms. The Labute approximate surface area is 127 Å². The number of thiophene rings is 1. The third-order valence-electron chi connectivity index (χ3n) is 3.82. The van der Waals surface area contributed by atoms with E-state index in [0.717, 1.165) is 18.5 Å². The van der Waals surface area contributed by atoms with E-state index in [9.17, 15) is 4.79 Å². The molecule has 0 atom stereocenters. The molecule has 21 heavy (non-hydrogen) atoms. The van der Waals surface area contributed by atoms with Crippen LogP contribution in [0.25, 0.3) is 0 Å². The third kappa shape index (κ3) is 2.81. The molecule has 2 heterocycles. The van der Waals surface area contributed by atoms with Crippen molar-refractivity contribution in [3.8, 4) is 0 Å². The minimum absolute atomic E-state index is 0.209. The molecule has 5 nitrogen and oxygen atoms in total. The summed E-state index contributed by atoms with van der Waals surface area (Å²) in [5.74, 6) is -0.209. The second-order valence-electron chi connectivity index (χ2n) is 5.41. The SMILES string of the molecule is CCCc1[nH]nc(C(=O)NCc2cc3c(s2)CCC3)c1N. The molecule has 0 aromatic carbocycles. The quantitative estimate of drug-likeness (QED) is 0.793. The first kappa shape index (κ1) is 14.1. The molecular formula is C15H20N4OS. The molecule has 2 aromatic rings. The molecule has 1 amide bonds. The molecule has 0 aliphatic heterocycles. The lowest BCUT2D eigenvalue weighted by atomic mass is 10.2. The smallest absolute Gasteiger partial charge is 0.274 e. The molecule has 0 spiro atoms. The summed E-state index contributed by atoms with van der Waals surface area (Å²) in [6, 6.07) is 2.21. The summed E-state index contributed by atoms with van der Waals surface area (Å²) in [5.41, 5.74) is 9.05. The molecule has 0 unspecified atom stereocenters. The average Bonchev–Trinajstić information content (AvgIpc) is 3.12. The highest BCUT2D eigenvalue weighted by atomic mass is 32.1. The Kier molecular flexibility index (Phi) is 3.96. The van der Waals surface area contributed by atoms with Crippen LogP contribution in [-0.2, 0) is 25.8 Å². The van der Waals surface area contributed by atoms with E-state index >= 15 is 0 Å². The van der Waals surface area contributed by atoms with Crippen molar-refractivity contribution in [2.24, 2.45) is 0 Å². The van der Waals surface area contributed by atoms with E-state index in [0.29, 0.717) is 17.9 Å². The summed E-state index contributed by atoms with van der Waals surface area (Å²) in [5, 5.41) is 9.80. The predicted molar refractivity (Wildman–Crippen MR) is 84.5 cm³/mol. The molecule has 0 saturated carbocycles. The number of aryl methyl sites for hydroxylation is 3. The van der Waals surface area contributed by atoms with Gasteiger partial charge in [-0.3, -0.25) is 9.89 Å². The van der Waals surface area contributed by atoms with Crippen LogP contribution in [0.5, 0.6) is 0 Å². The summed E-state index contributed by atoms with van der Waals surface area (Å²) in [4.78, 5) is 14.8. The van der Waals surface area contributed by atoms with Gasteiger partial charge in [0.2, 0.25) is 0 Å². The Morgan fingerprint density at radius 2 is 2.38 bits per heavy atom. The number of carbonyl (C=O) groups excluding carboxylic acids is 1. The van der Waals surface area contributed by atoms with E-state index in [-0.39, 0.29) is 5.91 Å². The van der Waals surface area contributed by atoms with Gasteiger partial charge in [-0.15, -0.1) is 11.3 Å². The zero-order chi connectivity index (χ0) is 14.8. The molecule has 4 N–H and O–H groups in total. The zero-order valence-corrected chi connectivity index (χ0v) is 13.0. The second kappa shape index (κ2) is 5.89. The van der Waals surface area contributed by atoms with Gasteiger partial charge >= 0.3 is 0 Å². The van der Waals surface area contributed by atoms with Gasteiger partial charge in [-0.1, -0.05) is 13.3 Å². The molecule has 2 aromatic heterocycles. The van der Waals surface area contributed by atoms with Crippen LogP contribution in [-0.4, -0.2) is 16.1 Å². The lowest BCUT2D eigenvalue weighted by molar-refractivity contribution is 0.0947.